The molecule has 0 bridgehead atoms. The van der Waals surface area contributed by atoms with Gasteiger partial charge in [-0.3, -0.25) is 0 Å². The smallest absolute Gasteiger partial charge is 0.212 e. The molecule has 0 N–H and O–H groups in total. The number of ether oxygens (including phenoxy) is 7. The summed E-state index contributed by atoms with van der Waals surface area (Å²) in [6.07, 6.45) is 116. The van der Waals surface area contributed by atoms with Gasteiger partial charge in [0.15, 0.2) is 0 Å². The van der Waals surface area contributed by atoms with Gasteiger partial charge in [-0.1, -0.05) is 568 Å². The molecule has 0 radical (unpaired) electrons. The van der Waals surface area contributed by atoms with E-state index < -0.39 is 25.2 Å². The van der Waals surface area contributed by atoms with Crippen LogP contribution in [0.2, 0.25) is 0 Å². The zero-order valence-electron chi connectivity index (χ0n) is 77.6. The van der Waals surface area contributed by atoms with Crippen LogP contribution in [0.1, 0.15) is 607 Å². The van der Waals surface area contributed by atoms with Gasteiger partial charge in [0.2, 0.25) is 25.2 Å². The van der Waals surface area contributed by atoms with Crippen molar-refractivity contribution in [3.8, 4) is 0 Å². The Bertz CT molecular complexity index is 1400. The highest BCUT2D eigenvalue weighted by molar-refractivity contribution is 4.65. The Balaban J connectivity index is 6.68. The highest BCUT2D eigenvalue weighted by Gasteiger charge is 2.34. The fourth-order valence-corrected chi connectivity index (χ4v) is 16.6. The van der Waals surface area contributed by atoms with Crippen molar-refractivity contribution in [1.82, 2.24) is 0 Å². The summed E-state index contributed by atoms with van der Waals surface area (Å²) in [5.74, 6) is 0. The number of unbranched alkanes of at least 4 members (excludes halogenated alkanes) is 82. The van der Waals surface area contributed by atoms with Gasteiger partial charge in [-0.05, 0) is 38.5 Å². The van der Waals surface area contributed by atoms with Crippen LogP contribution in [0, 0.1) is 0 Å². The van der Waals surface area contributed by atoms with E-state index in [4.69, 9.17) is 33.2 Å². The molecule has 0 aliphatic heterocycles. The number of rotatable bonds is 104. The molecular formula is C104H210O7. The number of hydrogen-bond donors (Lipinski definition) is 0. The van der Waals surface area contributed by atoms with Crippen molar-refractivity contribution in [2.24, 2.45) is 0 Å². The lowest BCUT2D eigenvalue weighted by Gasteiger charge is -2.34. The van der Waals surface area contributed by atoms with E-state index in [1.807, 2.05) is 0 Å². The lowest BCUT2D eigenvalue weighted by Crippen LogP contribution is -2.45. The first kappa shape index (κ1) is 111. The van der Waals surface area contributed by atoms with Gasteiger partial charge in [-0.25, -0.2) is 0 Å². The average molecular weight is 1570 g/mol. The van der Waals surface area contributed by atoms with E-state index in [0.717, 1.165) is 38.5 Å². The van der Waals surface area contributed by atoms with Gasteiger partial charge in [-0.15, -0.1) is 0 Å². The first-order valence-corrected chi connectivity index (χ1v) is 52.5. The SMILES string of the molecule is CCCCCCCCCCCCCCCCCCOC(OC(OCCCCCCCCCCCCCCCCCC)C(OCCCCCCCCCCCCCCCC)OCCCCCCCCCCCCCCCC)C(OCCCCCCCCCCCCCCCC)OCCCCCCCCCCCCCCCC. The summed E-state index contributed by atoms with van der Waals surface area (Å²) in [7, 11) is 0. The lowest BCUT2D eigenvalue weighted by molar-refractivity contribution is -0.366. The van der Waals surface area contributed by atoms with Gasteiger partial charge in [0.25, 0.3) is 0 Å². The molecule has 0 heterocycles. The Kier molecular flexibility index (Phi) is 102. The molecule has 0 saturated heterocycles. The van der Waals surface area contributed by atoms with Crippen LogP contribution in [0.4, 0.5) is 0 Å². The predicted molar refractivity (Wildman–Crippen MR) is 492 cm³/mol. The molecule has 0 rings (SSSR count). The molecule has 7 nitrogen and oxygen atoms in total. The van der Waals surface area contributed by atoms with Crippen LogP contribution in [0.15, 0.2) is 0 Å². The van der Waals surface area contributed by atoms with Crippen LogP contribution in [-0.2, 0) is 33.2 Å². The molecule has 2 atom stereocenters. The molecule has 0 spiro atoms. The molecule has 7 heteroatoms. The van der Waals surface area contributed by atoms with Crippen LogP contribution >= 0.6 is 0 Å². The van der Waals surface area contributed by atoms with E-state index in [1.54, 1.807) is 0 Å². The van der Waals surface area contributed by atoms with Crippen LogP contribution in [0.5, 0.6) is 0 Å². The normalized spacial score (nSPS) is 12.5. The molecule has 0 aromatic rings. The fraction of sp³-hybridized carbons (Fsp3) is 1.00. The van der Waals surface area contributed by atoms with Crippen molar-refractivity contribution in [3.63, 3.8) is 0 Å². The van der Waals surface area contributed by atoms with E-state index in [2.05, 4.69) is 41.5 Å². The van der Waals surface area contributed by atoms with Gasteiger partial charge in [-0.2, -0.15) is 0 Å². The standard InChI is InChI=1S/C104H210O7/c1-7-13-19-25-31-37-43-49-55-57-63-69-75-81-87-93-99-109-103(101(105-95-89-83-77-71-65-59-51-45-39-33-27-21-15-9-3)106-96-90-84-78-72-66-60-52-46-40-34-28-22-16-10-4)111-104(110-100-94-88-82-76-70-64-58-56-50-44-38-32-26-20-14-8-2)102(107-97-91-85-79-73-67-61-53-47-41-35-29-23-17-11-5)108-98-92-86-80-74-68-62-54-48-42-36-30-24-18-12-6/h101-104H,7-100H2,1-6H3. The maximum Gasteiger partial charge on any atom is 0.212 e. The summed E-state index contributed by atoms with van der Waals surface area (Å²) >= 11 is 0. The summed E-state index contributed by atoms with van der Waals surface area (Å²) in [6, 6.07) is 0. The summed E-state index contributed by atoms with van der Waals surface area (Å²) < 4.78 is 49.6. The molecule has 0 fully saturated rings. The Labute approximate surface area is 700 Å². The molecule has 0 amide bonds. The Hall–Kier alpha value is -0.280. The highest BCUT2D eigenvalue weighted by Crippen LogP contribution is 2.25. The summed E-state index contributed by atoms with van der Waals surface area (Å²) in [6.45, 7) is 17.7. The molecule has 0 aliphatic carbocycles. The molecular weight excluding hydrogens is 1360 g/mol. The average Bonchev–Trinajstić information content (AvgIpc) is 0.872. The summed E-state index contributed by atoms with van der Waals surface area (Å²) in [5.41, 5.74) is 0. The van der Waals surface area contributed by atoms with E-state index in [-0.39, 0.29) is 0 Å². The van der Waals surface area contributed by atoms with Gasteiger partial charge in [0, 0.05) is 39.6 Å². The van der Waals surface area contributed by atoms with Crippen molar-refractivity contribution in [3.05, 3.63) is 0 Å². The molecule has 0 saturated carbocycles. The quantitative estimate of drug-likeness (QED) is 0.0444. The van der Waals surface area contributed by atoms with Crippen molar-refractivity contribution >= 4 is 0 Å². The van der Waals surface area contributed by atoms with Crippen molar-refractivity contribution < 1.29 is 33.2 Å². The third-order valence-corrected chi connectivity index (χ3v) is 24.4. The van der Waals surface area contributed by atoms with Crippen molar-refractivity contribution in [1.29, 1.82) is 0 Å². The topological polar surface area (TPSA) is 64.6 Å². The zero-order valence-corrected chi connectivity index (χ0v) is 77.6. The maximum absolute atomic E-state index is 7.39. The molecule has 0 aromatic heterocycles. The van der Waals surface area contributed by atoms with Gasteiger partial charge in [0.1, 0.15) is 0 Å². The minimum absolute atomic E-state index is 0.611. The van der Waals surface area contributed by atoms with E-state index in [9.17, 15) is 0 Å². The van der Waals surface area contributed by atoms with Crippen LogP contribution in [0.25, 0.3) is 0 Å². The third-order valence-electron chi connectivity index (χ3n) is 24.4. The largest absolute Gasteiger partial charge is 0.348 e. The molecule has 668 valence electrons. The lowest BCUT2D eigenvalue weighted by atomic mass is 10.0. The van der Waals surface area contributed by atoms with Crippen LogP contribution in [-0.4, -0.2) is 64.8 Å². The monoisotopic (exact) mass is 1570 g/mol. The van der Waals surface area contributed by atoms with Crippen molar-refractivity contribution in [2.45, 2.75) is 632 Å². The number of hydrogen-bond acceptors (Lipinski definition) is 7. The molecule has 111 heavy (non-hydrogen) atoms. The maximum atomic E-state index is 7.39. The first-order chi connectivity index (χ1) is 55.2. The summed E-state index contributed by atoms with van der Waals surface area (Å²) in [4.78, 5) is 0. The van der Waals surface area contributed by atoms with Crippen molar-refractivity contribution in [2.75, 3.05) is 39.6 Å². The first-order valence-electron chi connectivity index (χ1n) is 52.5. The summed E-state index contributed by atoms with van der Waals surface area (Å²) in [5, 5.41) is 0. The Morgan fingerprint density at radius 1 is 0.0991 bits per heavy atom. The second-order valence-electron chi connectivity index (χ2n) is 35.8. The third kappa shape index (κ3) is 91.9. The fourth-order valence-electron chi connectivity index (χ4n) is 16.6. The molecule has 0 aromatic carbocycles. The van der Waals surface area contributed by atoms with Gasteiger partial charge in [0.05, 0.1) is 0 Å². The van der Waals surface area contributed by atoms with E-state index in [0.29, 0.717) is 39.6 Å². The van der Waals surface area contributed by atoms with Crippen LogP contribution in [0.3, 0.4) is 0 Å². The van der Waals surface area contributed by atoms with Gasteiger partial charge < -0.3 is 33.2 Å². The minimum atomic E-state index is -0.757. The van der Waals surface area contributed by atoms with Gasteiger partial charge >= 0.3 is 0 Å². The second kappa shape index (κ2) is 102. The van der Waals surface area contributed by atoms with E-state index in [1.165, 1.54) is 527 Å². The Morgan fingerprint density at radius 3 is 0.279 bits per heavy atom. The second-order valence-corrected chi connectivity index (χ2v) is 35.8. The zero-order chi connectivity index (χ0) is 79.7. The molecule has 0 aliphatic rings. The molecule has 2 unspecified atom stereocenters. The minimum Gasteiger partial charge on any atom is -0.348 e. The highest BCUT2D eigenvalue weighted by atomic mass is 16.8. The van der Waals surface area contributed by atoms with E-state index >= 15 is 0 Å². The predicted octanol–water partition coefficient (Wildman–Crippen LogP) is 36.9. The Morgan fingerprint density at radius 2 is 0.180 bits per heavy atom. The van der Waals surface area contributed by atoms with Crippen LogP contribution < -0.4 is 0 Å².